The molecule has 0 spiro atoms. The Morgan fingerprint density at radius 3 is 2.65 bits per heavy atom. The van der Waals surface area contributed by atoms with Crippen molar-refractivity contribution in [3.05, 3.63) is 33.4 Å². The Labute approximate surface area is 114 Å². The monoisotopic (exact) mass is 344 g/mol. The number of nitrogens with one attached hydrogen (secondary N) is 1. The summed E-state index contributed by atoms with van der Waals surface area (Å²) in [6.45, 7) is 2.34. The van der Waals surface area contributed by atoms with Crippen LogP contribution in [-0.2, 0) is 16.1 Å². The summed E-state index contributed by atoms with van der Waals surface area (Å²) in [6, 6.07) is 7.56. The van der Waals surface area contributed by atoms with Crippen molar-refractivity contribution in [2.75, 3.05) is 6.54 Å². The van der Waals surface area contributed by atoms with Gasteiger partial charge in [0.2, 0.25) is 11.8 Å². The molecule has 1 N–H and O–H groups in total. The molecular formula is C12H13IN2O2. The van der Waals surface area contributed by atoms with Gasteiger partial charge in [0, 0.05) is 10.1 Å². The maximum Gasteiger partial charge on any atom is 0.242 e. The molecule has 1 aliphatic heterocycles. The third-order valence-electron chi connectivity index (χ3n) is 2.85. The molecule has 5 heteroatoms. The Balaban J connectivity index is 2.13. The van der Waals surface area contributed by atoms with E-state index in [0.717, 1.165) is 9.13 Å². The van der Waals surface area contributed by atoms with Gasteiger partial charge in [-0.3, -0.25) is 9.59 Å². The molecule has 1 saturated heterocycles. The van der Waals surface area contributed by atoms with Crippen LogP contribution in [0.15, 0.2) is 24.3 Å². The van der Waals surface area contributed by atoms with Gasteiger partial charge in [0.1, 0.15) is 6.04 Å². The predicted octanol–water partition coefficient (Wildman–Crippen LogP) is 1.14. The molecule has 17 heavy (non-hydrogen) atoms. The van der Waals surface area contributed by atoms with Crippen LogP contribution < -0.4 is 5.32 Å². The molecule has 1 fully saturated rings. The van der Waals surface area contributed by atoms with Crippen LogP contribution in [0.1, 0.15) is 12.5 Å². The number of carbonyl (C=O) groups is 2. The van der Waals surface area contributed by atoms with Crippen LogP contribution in [-0.4, -0.2) is 29.3 Å². The highest BCUT2D eigenvalue weighted by molar-refractivity contribution is 14.1. The third kappa shape index (κ3) is 2.77. The summed E-state index contributed by atoms with van der Waals surface area (Å²) in [7, 11) is 0. The SMILES string of the molecule is CC1C(=O)NCC(=O)N1Cc1ccc(I)cc1. The molecule has 1 atom stereocenters. The maximum absolute atomic E-state index is 11.7. The smallest absolute Gasteiger partial charge is 0.242 e. The minimum Gasteiger partial charge on any atom is -0.345 e. The molecule has 2 amide bonds. The molecule has 90 valence electrons. The van der Waals surface area contributed by atoms with E-state index in [-0.39, 0.29) is 18.4 Å². The van der Waals surface area contributed by atoms with Crippen molar-refractivity contribution >= 4 is 34.4 Å². The molecular weight excluding hydrogens is 331 g/mol. The van der Waals surface area contributed by atoms with Crippen molar-refractivity contribution in [3.8, 4) is 0 Å². The summed E-state index contributed by atoms with van der Waals surface area (Å²) in [4.78, 5) is 24.8. The van der Waals surface area contributed by atoms with Gasteiger partial charge in [-0.05, 0) is 47.2 Å². The summed E-state index contributed by atoms with van der Waals surface area (Å²) in [5, 5.41) is 2.58. The van der Waals surface area contributed by atoms with Crippen LogP contribution in [0.4, 0.5) is 0 Å². The topological polar surface area (TPSA) is 49.4 Å². The van der Waals surface area contributed by atoms with Gasteiger partial charge in [-0.15, -0.1) is 0 Å². The van der Waals surface area contributed by atoms with Crippen LogP contribution >= 0.6 is 22.6 Å². The number of rotatable bonds is 2. The quantitative estimate of drug-likeness (QED) is 0.818. The Hall–Kier alpha value is -1.11. The van der Waals surface area contributed by atoms with Crippen LogP contribution in [0.2, 0.25) is 0 Å². The van der Waals surface area contributed by atoms with E-state index in [9.17, 15) is 9.59 Å². The zero-order chi connectivity index (χ0) is 12.4. The van der Waals surface area contributed by atoms with Gasteiger partial charge in [-0.25, -0.2) is 0 Å². The Bertz CT molecular complexity index is 444. The second-order valence-corrected chi connectivity index (χ2v) is 5.29. The van der Waals surface area contributed by atoms with E-state index in [1.54, 1.807) is 11.8 Å². The Kier molecular flexibility index (Phi) is 3.66. The van der Waals surface area contributed by atoms with Crippen molar-refractivity contribution in [3.63, 3.8) is 0 Å². The first-order chi connectivity index (χ1) is 8.08. The van der Waals surface area contributed by atoms with Crippen LogP contribution in [0, 0.1) is 3.57 Å². The highest BCUT2D eigenvalue weighted by Crippen LogP contribution is 2.13. The Morgan fingerprint density at radius 2 is 2.00 bits per heavy atom. The normalized spacial score (nSPS) is 20.4. The highest BCUT2D eigenvalue weighted by Gasteiger charge is 2.30. The number of nitrogens with zero attached hydrogens (tertiary/aromatic N) is 1. The molecule has 1 unspecified atom stereocenters. The number of hydrogen-bond donors (Lipinski definition) is 1. The van der Waals surface area contributed by atoms with Crippen molar-refractivity contribution in [2.45, 2.75) is 19.5 Å². The molecule has 1 aromatic carbocycles. The average molecular weight is 344 g/mol. The minimum atomic E-state index is -0.393. The van der Waals surface area contributed by atoms with Gasteiger partial charge in [-0.1, -0.05) is 12.1 Å². The van der Waals surface area contributed by atoms with Gasteiger partial charge in [0.05, 0.1) is 6.54 Å². The lowest BCUT2D eigenvalue weighted by Crippen LogP contribution is -2.56. The fourth-order valence-electron chi connectivity index (χ4n) is 1.78. The Morgan fingerprint density at radius 1 is 1.35 bits per heavy atom. The van der Waals surface area contributed by atoms with E-state index >= 15 is 0 Å². The molecule has 0 radical (unpaired) electrons. The maximum atomic E-state index is 11.7. The molecule has 0 bridgehead atoms. The number of piperazine rings is 1. The first-order valence-electron chi connectivity index (χ1n) is 5.39. The molecule has 0 saturated carbocycles. The second kappa shape index (κ2) is 5.03. The fourth-order valence-corrected chi connectivity index (χ4v) is 2.14. The lowest BCUT2D eigenvalue weighted by molar-refractivity contribution is -0.145. The molecule has 1 aromatic rings. The molecule has 0 aromatic heterocycles. The molecule has 1 aliphatic rings. The van der Waals surface area contributed by atoms with Crippen LogP contribution in [0.5, 0.6) is 0 Å². The fraction of sp³-hybridized carbons (Fsp3) is 0.333. The van der Waals surface area contributed by atoms with Crippen LogP contribution in [0.3, 0.4) is 0 Å². The zero-order valence-corrected chi connectivity index (χ0v) is 11.6. The summed E-state index contributed by atoms with van der Waals surface area (Å²) < 4.78 is 1.15. The standard InChI is InChI=1S/C12H13IN2O2/c1-8-12(17)14-6-11(16)15(8)7-9-2-4-10(13)5-3-9/h2-5,8H,6-7H2,1H3,(H,14,17). The van der Waals surface area contributed by atoms with E-state index in [2.05, 4.69) is 27.9 Å². The van der Waals surface area contributed by atoms with Crippen molar-refractivity contribution in [1.82, 2.24) is 10.2 Å². The number of amides is 2. The second-order valence-electron chi connectivity index (χ2n) is 4.04. The van der Waals surface area contributed by atoms with Gasteiger partial charge in [0.15, 0.2) is 0 Å². The van der Waals surface area contributed by atoms with E-state index in [0.29, 0.717) is 6.54 Å². The number of carbonyl (C=O) groups excluding carboxylic acids is 2. The van der Waals surface area contributed by atoms with Gasteiger partial charge >= 0.3 is 0 Å². The number of benzene rings is 1. The average Bonchev–Trinajstić information content (AvgIpc) is 2.32. The molecule has 0 aliphatic carbocycles. The van der Waals surface area contributed by atoms with E-state index < -0.39 is 6.04 Å². The minimum absolute atomic E-state index is 0.0318. The summed E-state index contributed by atoms with van der Waals surface area (Å²) in [5.74, 6) is -0.120. The summed E-state index contributed by atoms with van der Waals surface area (Å²) >= 11 is 2.23. The van der Waals surface area contributed by atoms with E-state index in [1.807, 2.05) is 24.3 Å². The lowest BCUT2D eigenvalue weighted by Gasteiger charge is -2.32. The molecule has 1 heterocycles. The van der Waals surface area contributed by atoms with Gasteiger partial charge in [0.25, 0.3) is 0 Å². The summed E-state index contributed by atoms with van der Waals surface area (Å²) in [6.07, 6.45) is 0. The third-order valence-corrected chi connectivity index (χ3v) is 3.57. The summed E-state index contributed by atoms with van der Waals surface area (Å²) in [5.41, 5.74) is 1.04. The van der Waals surface area contributed by atoms with Crippen LogP contribution in [0.25, 0.3) is 0 Å². The number of halogens is 1. The largest absolute Gasteiger partial charge is 0.345 e. The van der Waals surface area contributed by atoms with E-state index in [4.69, 9.17) is 0 Å². The molecule has 4 nitrogen and oxygen atoms in total. The van der Waals surface area contributed by atoms with E-state index in [1.165, 1.54) is 0 Å². The lowest BCUT2D eigenvalue weighted by atomic mass is 10.1. The molecule has 2 rings (SSSR count). The zero-order valence-electron chi connectivity index (χ0n) is 9.44. The van der Waals surface area contributed by atoms with Gasteiger partial charge < -0.3 is 10.2 Å². The first-order valence-corrected chi connectivity index (χ1v) is 6.47. The highest BCUT2D eigenvalue weighted by atomic mass is 127. The predicted molar refractivity (Wildman–Crippen MR) is 72.2 cm³/mol. The first kappa shape index (κ1) is 12.3. The van der Waals surface area contributed by atoms with Crippen molar-refractivity contribution in [2.24, 2.45) is 0 Å². The number of hydrogen-bond acceptors (Lipinski definition) is 2. The van der Waals surface area contributed by atoms with Crippen molar-refractivity contribution < 1.29 is 9.59 Å². The van der Waals surface area contributed by atoms with Gasteiger partial charge in [-0.2, -0.15) is 0 Å². The van der Waals surface area contributed by atoms with Crippen molar-refractivity contribution in [1.29, 1.82) is 0 Å².